The second-order valence-electron chi connectivity index (χ2n) is 5.95. The lowest BCUT2D eigenvalue weighted by atomic mass is 10.1. The van der Waals surface area contributed by atoms with Gasteiger partial charge in [-0.15, -0.1) is 0 Å². The molecule has 0 spiro atoms. The first-order valence-corrected chi connectivity index (χ1v) is 8.07. The zero-order chi connectivity index (χ0) is 15.4. The predicted octanol–water partition coefficient (Wildman–Crippen LogP) is 4.07. The number of hydrogen-bond donors (Lipinski definition) is 0. The Kier molecular flexibility index (Phi) is 4.52. The first-order valence-electron chi connectivity index (χ1n) is 8.07. The molecule has 114 valence electrons. The SMILES string of the molecule is Cc1cccc(-c2cccc(C(=O)N3CCCCCC3)c2)n1. The van der Waals surface area contributed by atoms with E-state index in [0.717, 1.165) is 48.4 Å². The van der Waals surface area contributed by atoms with Crippen LogP contribution in [0, 0.1) is 6.92 Å². The van der Waals surface area contributed by atoms with Crippen LogP contribution in [0.2, 0.25) is 0 Å². The van der Waals surface area contributed by atoms with Crippen molar-refractivity contribution in [2.75, 3.05) is 13.1 Å². The zero-order valence-corrected chi connectivity index (χ0v) is 13.1. The standard InChI is InChI=1S/C19H22N2O/c1-15-8-6-11-18(20-15)16-9-7-10-17(14-16)19(22)21-12-4-2-3-5-13-21/h6-11,14H,2-5,12-13H2,1H3. The number of carbonyl (C=O) groups excluding carboxylic acids is 1. The number of likely N-dealkylation sites (tertiary alicyclic amines) is 1. The molecule has 1 amide bonds. The van der Waals surface area contributed by atoms with Crippen molar-refractivity contribution in [2.24, 2.45) is 0 Å². The molecule has 0 radical (unpaired) electrons. The molecule has 0 unspecified atom stereocenters. The third-order valence-corrected chi connectivity index (χ3v) is 4.19. The Morgan fingerprint density at radius 1 is 1.00 bits per heavy atom. The number of aromatic nitrogens is 1. The number of benzene rings is 1. The average molecular weight is 294 g/mol. The Morgan fingerprint density at radius 2 is 1.73 bits per heavy atom. The smallest absolute Gasteiger partial charge is 0.253 e. The van der Waals surface area contributed by atoms with Crippen molar-refractivity contribution in [3.8, 4) is 11.3 Å². The van der Waals surface area contributed by atoms with Crippen molar-refractivity contribution in [1.29, 1.82) is 0 Å². The van der Waals surface area contributed by atoms with E-state index >= 15 is 0 Å². The average Bonchev–Trinajstić information content (AvgIpc) is 2.83. The molecule has 1 aromatic heterocycles. The monoisotopic (exact) mass is 294 g/mol. The van der Waals surface area contributed by atoms with E-state index < -0.39 is 0 Å². The number of hydrogen-bond acceptors (Lipinski definition) is 2. The highest BCUT2D eigenvalue weighted by molar-refractivity contribution is 5.95. The molecular weight excluding hydrogens is 272 g/mol. The third-order valence-electron chi connectivity index (χ3n) is 4.19. The highest BCUT2D eigenvalue weighted by atomic mass is 16.2. The van der Waals surface area contributed by atoms with Gasteiger partial charge in [-0.25, -0.2) is 0 Å². The number of aryl methyl sites for hydroxylation is 1. The van der Waals surface area contributed by atoms with Crippen LogP contribution in [0.5, 0.6) is 0 Å². The van der Waals surface area contributed by atoms with Gasteiger partial charge in [-0.2, -0.15) is 0 Å². The van der Waals surface area contributed by atoms with E-state index in [1.165, 1.54) is 12.8 Å². The molecule has 2 aromatic rings. The zero-order valence-electron chi connectivity index (χ0n) is 13.1. The molecule has 3 rings (SSSR count). The molecule has 22 heavy (non-hydrogen) atoms. The summed E-state index contributed by atoms with van der Waals surface area (Å²) in [4.78, 5) is 19.3. The number of amides is 1. The van der Waals surface area contributed by atoms with E-state index in [0.29, 0.717) is 0 Å². The molecule has 0 N–H and O–H groups in total. The topological polar surface area (TPSA) is 33.2 Å². The molecular formula is C19H22N2O. The normalized spacial score (nSPS) is 15.4. The Labute approximate surface area is 132 Å². The lowest BCUT2D eigenvalue weighted by Gasteiger charge is -2.20. The molecule has 3 heteroatoms. The van der Waals surface area contributed by atoms with Crippen molar-refractivity contribution < 1.29 is 4.79 Å². The van der Waals surface area contributed by atoms with E-state index in [4.69, 9.17) is 0 Å². The molecule has 1 aliphatic rings. The van der Waals surface area contributed by atoms with E-state index in [1.807, 2.05) is 54.3 Å². The van der Waals surface area contributed by atoms with Crippen LogP contribution in [0.3, 0.4) is 0 Å². The fraction of sp³-hybridized carbons (Fsp3) is 0.368. The lowest BCUT2D eigenvalue weighted by Crippen LogP contribution is -2.31. The van der Waals surface area contributed by atoms with Gasteiger partial charge in [-0.1, -0.05) is 31.0 Å². The molecule has 0 atom stereocenters. The van der Waals surface area contributed by atoms with Gasteiger partial charge in [0.15, 0.2) is 0 Å². The molecule has 1 aliphatic heterocycles. The molecule has 3 nitrogen and oxygen atoms in total. The van der Waals surface area contributed by atoms with Crippen LogP contribution in [0.1, 0.15) is 41.7 Å². The quantitative estimate of drug-likeness (QED) is 0.836. The van der Waals surface area contributed by atoms with Gasteiger partial charge in [0.05, 0.1) is 5.69 Å². The fourth-order valence-corrected chi connectivity index (χ4v) is 2.97. The summed E-state index contributed by atoms with van der Waals surface area (Å²) in [5.74, 6) is 0.149. The van der Waals surface area contributed by atoms with Gasteiger partial charge in [0.1, 0.15) is 0 Å². The highest BCUT2D eigenvalue weighted by Gasteiger charge is 2.17. The van der Waals surface area contributed by atoms with Crippen molar-refractivity contribution in [3.05, 3.63) is 53.7 Å². The van der Waals surface area contributed by atoms with Crippen molar-refractivity contribution in [2.45, 2.75) is 32.6 Å². The molecule has 0 bridgehead atoms. The maximum atomic E-state index is 12.7. The Morgan fingerprint density at radius 3 is 2.45 bits per heavy atom. The number of carbonyl (C=O) groups is 1. The Balaban J connectivity index is 1.85. The summed E-state index contributed by atoms with van der Waals surface area (Å²) >= 11 is 0. The fourth-order valence-electron chi connectivity index (χ4n) is 2.97. The molecule has 0 aliphatic carbocycles. The van der Waals surface area contributed by atoms with Gasteiger partial charge < -0.3 is 4.90 Å². The van der Waals surface area contributed by atoms with Crippen LogP contribution in [0.15, 0.2) is 42.5 Å². The van der Waals surface area contributed by atoms with E-state index in [-0.39, 0.29) is 5.91 Å². The van der Waals surface area contributed by atoms with Gasteiger partial charge in [0.2, 0.25) is 0 Å². The third kappa shape index (κ3) is 3.35. The molecule has 1 fully saturated rings. The predicted molar refractivity (Wildman–Crippen MR) is 88.8 cm³/mol. The van der Waals surface area contributed by atoms with Crippen LogP contribution >= 0.6 is 0 Å². The Bertz CT molecular complexity index is 658. The van der Waals surface area contributed by atoms with E-state index in [9.17, 15) is 4.79 Å². The molecule has 1 saturated heterocycles. The number of rotatable bonds is 2. The summed E-state index contributed by atoms with van der Waals surface area (Å²) in [5.41, 5.74) is 3.68. The maximum absolute atomic E-state index is 12.7. The van der Waals surface area contributed by atoms with Crippen molar-refractivity contribution in [3.63, 3.8) is 0 Å². The minimum absolute atomic E-state index is 0.149. The van der Waals surface area contributed by atoms with E-state index in [1.54, 1.807) is 0 Å². The minimum Gasteiger partial charge on any atom is -0.339 e. The van der Waals surface area contributed by atoms with Crippen LogP contribution in [-0.2, 0) is 0 Å². The van der Waals surface area contributed by atoms with Gasteiger partial charge in [0.25, 0.3) is 5.91 Å². The minimum atomic E-state index is 0.149. The van der Waals surface area contributed by atoms with Crippen LogP contribution in [0.25, 0.3) is 11.3 Å². The first kappa shape index (κ1) is 14.8. The summed E-state index contributed by atoms with van der Waals surface area (Å²) in [6, 6.07) is 13.8. The van der Waals surface area contributed by atoms with Gasteiger partial charge in [-0.3, -0.25) is 9.78 Å². The van der Waals surface area contributed by atoms with Crippen LogP contribution in [-0.4, -0.2) is 28.9 Å². The Hall–Kier alpha value is -2.16. The second kappa shape index (κ2) is 6.73. The van der Waals surface area contributed by atoms with Crippen LogP contribution < -0.4 is 0 Å². The van der Waals surface area contributed by atoms with E-state index in [2.05, 4.69) is 4.98 Å². The molecule has 2 heterocycles. The highest BCUT2D eigenvalue weighted by Crippen LogP contribution is 2.20. The lowest BCUT2D eigenvalue weighted by molar-refractivity contribution is 0.0761. The first-order chi connectivity index (χ1) is 10.7. The number of pyridine rings is 1. The number of nitrogens with zero attached hydrogens (tertiary/aromatic N) is 2. The largest absolute Gasteiger partial charge is 0.339 e. The summed E-state index contributed by atoms with van der Waals surface area (Å²) in [7, 11) is 0. The summed E-state index contributed by atoms with van der Waals surface area (Å²) < 4.78 is 0. The van der Waals surface area contributed by atoms with Gasteiger partial charge in [0, 0.05) is 29.9 Å². The summed E-state index contributed by atoms with van der Waals surface area (Å²) in [5, 5.41) is 0. The second-order valence-corrected chi connectivity index (χ2v) is 5.95. The molecule has 0 saturated carbocycles. The van der Waals surface area contributed by atoms with Crippen molar-refractivity contribution >= 4 is 5.91 Å². The van der Waals surface area contributed by atoms with Gasteiger partial charge in [-0.05, 0) is 44.0 Å². The van der Waals surface area contributed by atoms with Crippen LogP contribution in [0.4, 0.5) is 0 Å². The summed E-state index contributed by atoms with van der Waals surface area (Å²) in [6.45, 7) is 3.74. The van der Waals surface area contributed by atoms with Crippen molar-refractivity contribution in [1.82, 2.24) is 9.88 Å². The van der Waals surface area contributed by atoms with Gasteiger partial charge >= 0.3 is 0 Å². The summed E-state index contributed by atoms with van der Waals surface area (Å²) in [6.07, 6.45) is 4.70. The molecule has 1 aromatic carbocycles. The maximum Gasteiger partial charge on any atom is 0.253 e.